The topological polar surface area (TPSA) is 65.6 Å². The molecule has 1 fully saturated rings. The van der Waals surface area contributed by atoms with E-state index >= 15 is 0 Å². The van der Waals surface area contributed by atoms with Crippen molar-refractivity contribution in [3.05, 3.63) is 58.1 Å². The van der Waals surface area contributed by atoms with Crippen molar-refractivity contribution >= 4 is 29.1 Å². The average Bonchev–Trinajstić information content (AvgIpc) is 3.00. The fraction of sp³-hybridized carbons (Fsp3) is 0.562. The average molecular weight is 585 g/mol. The van der Waals surface area contributed by atoms with Crippen molar-refractivity contribution in [2.24, 2.45) is 0 Å². The second kappa shape index (κ2) is 15.0. The second-order valence-corrected chi connectivity index (χ2v) is 11.8. The smallest absolute Gasteiger partial charge is 0.254 e. The molecule has 0 radical (unpaired) electrons. The molecule has 2 aliphatic rings. The number of halogens is 1. The number of anilines is 1. The van der Waals surface area contributed by atoms with Gasteiger partial charge in [-0.1, -0.05) is 24.1 Å². The van der Waals surface area contributed by atoms with Gasteiger partial charge in [0.05, 0.1) is 12.8 Å². The van der Waals surface area contributed by atoms with Crippen LogP contribution in [0.5, 0.6) is 5.75 Å². The molecule has 8 nitrogen and oxygen atoms in total. The Bertz CT molecular complexity index is 1180. The first-order valence-electron chi connectivity index (χ1n) is 14.8. The van der Waals surface area contributed by atoms with Crippen molar-refractivity contribution in [2.45, 2.75) is 58.7 Å². The molecule has 0 saturated carbocycles. The predicted octanol–water partition coefficient (Wildman–Crippen LogP) is 5.07. The largest absolute Gasteiger partial charge is 0.496 e. The van der Waals surface area contributed by atoms with E-state index in [-0.39, 0.29) is 18.4 Å². The van der Waals surface area contributed by atoms with Gasteiger partial charge in [0.15, 0.2) is 0 Å². The zero-order valence-corrected chi connectivity index (χ0v) is 25.8. The Morgan fingerprint density at radius 3 is 2.39 bits per heavy atom. The second-order valence-electron chi connectivity index (χ2n) is 11.3. The highest BCUT2D eigenvalue weighted by atomic mass is 35.5. The Kier molecular flexibility index (Phi) is 11.5. The van der Waals surface area contributed by atoms with Crippen molar-refractivity contribution in [1.29, 1.82) is 0 Å². The van der Waals surface area contributed by atoms with E-state index in [0.29, 0.717) is 36.3 Å². The number of hydrogen-bond acceptors (Lipinski definition) is 6. The van der Waals surface area contributed by atoms with E-state index in [1.807, 2.05) is 41.3 Å². The lowest BCUT2D eigenvalue weighted by molar-refractivity contribution is -0.122. The number of amides is 2. The molecule has 2 amide bonds. The highest BCUT2D eigenvalue weighted by Gasteiger charge is 2.26. The maximum Gasteiger partial charge on any atom is 0.254 e. The quantitative estimate of drug-likeness (QED) is 0.453. The van der Waals surface area contributed by atoms with Gasteiger partial charge in [0.25, 0.3) is 11.8 Å². The molecule has 41 heavy (non-hydrogen) atoms. The van der Waals surface area contributed by atoms with Crippen LogP contribution in [0.3, 0.4) is 0 Å². The minimum Gasteiger partial charge on any atom is -0.496 e. The lowest BCUT2D eigenvalue weighted by Gasteiger charge is -2.30. The third-order valence-electron chi connectivity index (χ3n) is 8.14. The number of fused-ring (bicyclic) bond motifs is 1. The molecule has 0 bridgehead atoms. The number of hydrogen-bond donors (Lipinski definition) is 0. The van der Waals surface area contributed by atoms with Gasteiger partial charge in [0.2, 0.25) is 0 Å². The SMILES string of the molecule is COCC(=O)N1CCCN(C(C)C)CCN(C(=O)c2ccc(OC)c(CN3CCCCC3)c2)Cc2ccc(Cl)cc21. The zero-order valence-electron chi connectivity index (χ0n) is 25.0. The van der Waals surface area contributed by atoms with E-state index < -0.39 is 0 Å². The Morgan fingerprint density at radius 1 is 0.902 bits per heavy atom. The molecular weight excluding hydrogens is 540 g/mol. The van der Waals surface area contributed by atoms with Crippen molar-refractivity contribution in [1.82, 2.24) is 14.7 Å². The van der Waals surface area contributed by atoms with Crippen LogP contribution in [0.15, 0.2) is 36.4 Å². The lowest BCUT2D eigenvalue weighted by Crippen LogP contribution is -2.41. The minimum absolute atomic E-state index is 0.0197. The molecule has 9 heteroatoms. The van der Waals surface area contributed by atoms with E-state index in [2.05, 4.69) is 23.6 Å². The number of carbonyl (C=O) groups excluding carboxylic acids is 2. The van der Waals surface area contributed by atoms with E-state index in [1.54, 1.807) is 12.0 Å². The molecule has 2 aromatic rings. The summed E-state index contributed by atoms with van der Waals surface area (Å²) in [6, 6.07) is 11.7. The number of rotatable bonds is 7. The molecule has 2 aliphatic heterocycles. The van der Waals surface area contributed by atoms with Crippen LogP contribution in [-0.2, 0) is 22.6 Å². The first-order valence-corrected chi connectivity index (χ1v) is 15.2. The van der Waals surface area contributed by atoms with Gasteiger partial charge in [-0.25, -0.2) is 0 Å². The van der Waals surface area contributed by atoms with Gasteiger partial charge in [-0.05, 0) is 82.1 Å². The van der Waals surface area contributed by atoms with Crippen LogP contribution in [0.1, 0.15) is 61.0 Å². The van der Waals surface area contributed by atoms with Crippen LogP contribution < -0.4 is 9.64 Å². The van der Waals surface area contributed by atoms with Crippen molar-refractivity contribution in [3.8, 4) is 5.75 Å². The summed E-state index contributed by atoms with van der Waals surface area (Å²) in [6.45, 7) is 10.3. The van der Waals surface area contributed by atoms with Gasteiger partial charge in [-0.15, -0.1) is 0 Å². The van der Waals surface area contributed by atoms with E-state index in [4.69, 9.17) is 21.1 Å². The molecule has 0 atom stereocenters. The highest BCUT2D eigenvalue weighted by molar-refractivity contribution is 6.31. The molecule has 0 unspecified atom stereocenters. The normalized spacial score (nSPS) is 17.7. The van der Waals surface area contributed by atoms with Crippen LogP contribution in [0.25, 0.3) is 0 Å². The number of methoxy groups -OCH3 is 2. The number of ether oxygens (including phenoxy) is 2. The van der Waals surface area contributed by atoms with Crippen LogP contribution in [0.4, 0.5) is 5.69 Å². The lowest BCUT2D eigenvalue weighted by atomic mass is 10.0. The number of benzene rings is 2. The molecule has 4 rings (SSSR count). The van der Waals surface area contributed by atoms with Crippen LogP contribution in [-0.4, -0.2) is 92.7 Å². The Hall–Kier alpha value is -2.65. The van der Waals surface area contributed by atoms with Crippen LogP contribution in [0.2, 0.25) is 5.02 Å². The maximum atomic E-state index is 14.2. The van der Waals surface area contributed by atoms with Crippen LogP contribution in [0, 0.1) is 0 Å². The predicted molar refractivity (Wildman–Crippen MR) is 164 cm³/mol. The Balaban J connectivity index is 1.69. The summed E-state index contributed by atoms with van der Waals surface area (Å²) in [5.41, 5.74) is 3.29. The first kappa shape index (κ1) is 31.3. The molecule has 0 aromatic heterocycles. The number of nitrogens with zero attached hydrogens (tertiary/aromatic N) is 4. The van der Waals surface area contributed by atoms with Crippen molar-refractivity contribution in [3.63, 3.8) is 0 Å². The zero-order chi connectivity index (χ0) is 29.4. The van der Waals surface area contributed by atoms with E-state index in [9.17, 15) is 9.59 Å². The van der Waals surface area contributed by atoms with Gasteiger partial charge in [0, 0.05) is 68.6 Å². The third kappa shape index (κ3) is 8.22. The molecule has 2 heterocycles. The number of likely N-dealkylation sites (tertiary alicyclic amines) is 1. The molecule has 0 N–H and O–H groups in total. The van der Waals surface area contributed by atoms with Crippen LogP contribution >= 0.6 is 11.6 Å². The first-order chi connectivity index (χ1) is 19.8. The van der Waals surface area contributed by atoms with Gasteiger partial charge in [0.1, 0.15) is 12.4 Å². The number of piperidine rings is 1. The summed E-state index contributed by atoms with van der Waals surface area (Å²) in [5.74, 6) is 0.649. The monoisotopic (exact) mass is 584 g/mol. The standard InChI is InChI=1S/C32H45ClN4O4/c1-24(2)35-15-8-16-37(31(38)23-40-3)29-20-28(33)11-9-26(29)22-36(18-17-35)32(39)25-10-12-30(41-4)27(19-25)21-34-13-6-5-7-14-34/h9-12,19-20,24H,5-8,13-18,21-23H2,1-4H3. The Morgan fingerprint density at radius 2 is 1.68 bits per heavy atom. The molecule has 1 saturated heterocycles. The van der Waals surface area contributed by atoms with Crippen molar-refractivity contribution < 1.29 is 19.1 Å². The molecule has 224 valence electrons. The van der Waals surface area contributed by atoms with Gasteiger partial charge in [-0.2, -0.15) is 0 Å². The summed E-state index contributed by atoms with van der Waals surface area (Å²) in [4.78, 5) is 35.9. The van der Waals surface area contributed by atoms with Gasteiger partial charge in [-0.3, -0.25) is 19.4 Å². The highest BCUT2D eigenvalue weighted by Crippen LogP contribution is 2.29. The van der Waals surface area contributed by atoms with Gasteiger partial charge >= 0.3 is 0 Å². The minimum atomic E-state index is -0.123. The summed E-state index contributed by atoms with van der Waals surface area (Å²) >= 11 is 6.43. The molecule has 0 spiro atoms. The van der Waals surface area contributed by atoms with E-state index in [1.165, 1.54) is 26.4 Å². The Labute approximate surface area is 250 Å². The summed E-state index contributed by atoms with van der Waals surface area (Å²) < 4.78 is 10.9. The molecule has 0 aliphatic carbocycles. The van der Waals surface area contributed by atoms with E-state index in [0.717, 1.165) is 61.7 Å². The summed E-state index contributed by atoms with van der Waals surface area (Å²) in [7, 11) is 3.21. The number of carbonyl (C=O) groups is 2. The van der Waals surface area contributed by atoms with Crippen molar-refractivity contribution in [2.75, 3.05) is 65.0 Å². The molecule has 2 aromatic carbocycles. The van der Waals surface area contributed by atoms with Gasteiger partial charge < -0.3 is 19.3 Å². The fourth-order valence-corrected chi connectivity index (χ4v) is 6.01. The third-order valence-corrected chi connectivity index (χ3v) is 8.37. The summed E-state index contributed by atoms with van der Waals surface area (Å²) in [6.07, 6.45) is 4.48. The maximum absolute atomic E-state index is 14.2. The summed E-state index contributed by atoms with van der Waals surface area (Å²) in [5, 5.41) is 0.549. The fourth-order valence-electron chi connectivity index (χ4n) is 5.85. The molecular formula is C32H45ClN4O4.